The minimum atomic E-state index is -0.762. The molecule has 2 nitrogen and oxygen atoms in total. The summed E-state index contributed by atoms with van der Waals surface area (Å²) in [6.45, 7) is 4.46. The number of nitrogens with zero attached hydrogens (tertiary/aromatic N) is 2. The molecule has 0 saturated heterocycles. The van der Waals surface area contributed by atoms with Gasteiger partial charge in [-0.25, -0.2) is 0 Å². The Morgan fingerprint density at radius 2 is 0.817 bits per heavy atom. The number of hydrogen-bond acceptors (Lipinski definition) is 2. The molecule has 3 aliphatic rings. The monoisotopic (exact) mass is 771 g/mol. The Labute approximate surface area is 359 Å². The molecular formula is C58H42N2. The molecule has 60 heavy (non-hydrogen) atoms. The van der Waals surface area contributed by atoms with Crippen LogP contribution in [0, 0.1) is 0 Å². The SMILES string of the molecule is [2H]c1c([2H])c([2H])c(N(c2ccc3c(c2)C2(c4ccccc4-c4ccc(N(c5ccccc5)c5ccccc5)cc42)c2ccccc2-3)c2cccc3c2-c2ccccc2C3(C)C)c([2H])c1[2H]. The summed E-state index contributed by atoms with van der Waals surface area (Å²) in [6.07, 6.45) is 0. The van der Waals surface area contributed by atoms with Gasteiger partial charge in [-0.15, -0.1) is 0 Å². The van der Waals surface area contributed by atoms with Crippen molar-refractivity contribution in [3.63, 3.8) is 0 Å². The van der Waals surface area contributed by atoms with Crippen molar-refractivity contribution < 1.29 is 6.85 Å². The molecule has 0 saturated carbocycles. The van der Waals surface area contributed by atoms with Crippen LogP contribution < -0.4 is 9.80 Å². The fourth-order valence-electron chi connectivity index (χ4n) is 10.7. The standard InChI is InChI=1S/C58H42N2/c1-57(2)49-28-15-14-27-48(49)56-52(57)31-18-32-55(56)60(41-23-10-5-11-24-41)43-34-36-47-45-26-13-17-30-51(45)58(54(47)38-43)50-29-16-12-25-44(50)46-35-33-42(37-53(46)58)59(39-19-6-3-7-20-39)40-21-8-4-9-22-40/h3-38H,1-2H3/i5D,10D,11D,23D,24D. The first kappa shape index (κ1) is 29.7. The molecule has 0 aliphatic heterocycles. The number of hydrogen-bond donors (Lipinski definition) is 0. The van der Waals surface area contributed by atoms with Crippen LogP contribution in [0.5, 0.6) is 0 Å². The average molecular weight is 772 g/mol. The second kappa shape index (κ2) is 13.0. The molecule has 0 radical (unpaired) electrons. The fraction of sp³-hybridized carbons (Fsp3) is 0.0690. The molecule has 1 spiro atoms. The summed E-state index contributed by atoms with van der Waals surface area (Å²) in [5.41, 5.74) is 17.0. The minimum absolute atomic E-state index is 0.104. The van der Waals surface area contributed by atoms with Crippen LogP contribution in [0.25, 0.3) is 33.4 Å². The lowest BCUT2D eigenvalue weighted by atomic mass is 9.70. The fourth-order valence-corrected chi connectivity index (χ4v) is 10.7. The van der Waals surface area contributed by atoms with Crippen LogP contribution in [-0.4, -0.2) is 0 Å². The topological polar surface area (TPSA) is 6.48 Å². The lowest BCUT2D eigenvalue weighted by molar-refractivity contribution is 0.660. The molecule has 0 bridgehead atoms. The predicted molar refractivity (Wildman–Crippen MR) is 250 cm³/mol. The van der Waals surface area contributed by atoms with Crippen molar-refractivity contribution in [2.24, 2.45) is 0 Å². The summed E-state index contributed by atoms with van der Waals surface area (Å²) < 4.78 is 45.4. The van der Waals surface area contributed by atoms with Crippen LogP contribution >= 0.6 is 0 Å². The molecule has 12 rings (SSSR count). The number of rotatable bonds is 6. The third-order valence-corrected chi connectivity index (χ3v) is 13.1. The maximum atomic E-state index is 9.48. The summed E-state index contributed by atoms with van der Waals surface area (Å²) in [6, 6.07) is 64.7. The Bertz CT molecular complexity index is 3360. The number of para-hydroxylation sites is 3. The van der Waals surface area contributed by atoms with Crippen molar-refractivity contribution in [2.75, 3.05) is 9.80 Å². The van der Waals surface area contributed by atoms with Crippen molar-refractivity contribution in [1.82, 2.24) is 0 Å². The van der Waals surface area contributed by atoms with Gasteiger partial charge in [0.2, 0.25) is 0 Å². The highest BCUT2D eigenvalue weighted by Gasteiger charge is 2.52. The van der Waals surface area contributed by atoms with Crippen LogP contribution in [0.1, 0.15) is 54.1 Å². The third-order valence-electron chi connectivity index (χ3n) is 13.1. The lowest BCUT2D eigenvalue weighted by Gasteiger charge is -2.33. The van der Waals surface area contributed by atoms with E-state index in [1.54, 1.807) is 0 Å². The van der Waals surface area contributed by atoms with E-state index in [0.717, 1.165) is 72.8 Å². The zero-order valence-corrected chi connectivity index (χ0v) is 33.3. The Kier molecular flexibility index (Phi) is 6.47. The number of benzene rings is 9. The van der Waals surface area contributed by atoms with E-state index in [2.05, 4.69) is 176 Å². The average Bonchev–Trinajstić information content (AvgIpc) is 3.90. The normalized spacial score (nSPS) is 16.9. The van der Waals surface area contributed by atoms with Crippen molar-refractivity contribution >= 4 is 34.1 Å². The van der Waals surface area contributed by atoms with E-state index in [0.29, 0.717) is 5.69 Å². The van der Waals surface area contributed by atoms with E-state index in [1.165, 1.54) is 16.7 Å². The largest absolute Gasteiger partial charge is 0.310 e. The molecule has 0 N–H and O–H groups in total. The molecule has 3 aliphatic carbocycles. The first-order valence-corrected chi connectivity index (χ1v) is 20.6. The Hall–Kier alpha value is -7.42. The maximum absolute atomic E-state index is 9.48. The molecular weight excluding hydrogens is 725 g/mol. The van der Waals surface area contributed by atoms with E-state index in [4.69, 9.17) is 4.11 Å². The van der Waals surface area contributed by atoms with Crippen molar-refractivity contribution in [1.29, 1.82) is 0 Å². The summed E-state index contributed by atoms with van der Waals surface area (Å²) >= 11 is 0. The van der Waals surface area contributed by atoms with E-state index in [9.17, 15) is 2.74 Å². The van der Waals surface area contributed by atoms with Crippen LogP contribution in [-0.2, 0) is 10.8 Å². The van der Waals surface area contributed by atoms with Crippen molar-refractivity contribution in [2.45, 2.75) is 24.7 Å². The second-order valence-corrected chi connectivity index (χ2v) is 16.5. The van der Waals surface area contributed by atoms with Crippen LogP contribution in [0.15, 0.2) is 218 Å². The van der Waals surface area contributed by atoms with Gasteiger partial charge < -0.3 is 9.80 Å². The summed E-state index contributed by atoms with van der Waals surface area (Å²) in [5.74, 6) is 0. The van der Waals surface area contributed by atoms with Gasteiger partial charge in [-0.1, -0.05) is 165 Å². The summed E-state index contributed by atoms with van der Waals surface area (Å²) in [4.78, 5) is 4.24. The van der Waals surface area contributed by atoms with Gasteiger partial charge in [0, 0.05) is 39.4 Å². The van der Waals surface area contributed by atoms with Crippen LogP contribution in [0.3, 0.4) is 0 Å². The second-order valence-electron chi connectivity index (χ2n) is 16.5. The van der Waals surface area contributed by atoms with Gasteiger partial charge in [0.1, 0.15) is 0 Å². The molecule has 0 aromatic heterocycles. The highest BCUT2D eigenvalue weighted by atomic mass is 15.1. The molecule has 0 fully saturated rings. The molecule has 0 amide bonds. The molecule has 9 aromatic carbocycles. The highest BCUT2D eigenvalue weighted by Crippen LogP contribution is 2.64. The first-order chi connectivity index (χ1) is 31.6. The van der Waals surface area contributed by atoms with E-state index < -0.39 is 11.5 Å². The third kappa shape index (κ3) is 4.76. The van der Waals surface area contributed by atoms with Crippen LogP contribution in [0.2, 0.25) is 0 Å². The van der Waals surface area contributed by atoms with Gasteiger partial charge in [0.15, 0.2) is 0 Å². The van der Waals surface area contributed by atoms with Crippen LogP contribution in [0.4, 0.5) is 34.1 Å². The predicted octanol–water partition coefficient (Wildman–Crippen LogP) is 15.3. The molecule has 1 unspecified atom stereocenters. The smallest absolute Gasteiger partial charge is 0.0727 e. The van der Waals surface area contributed by atoms with Crippen molar-refractivity contribution in [3.05, 3.63) is 252 Å². The Morgan fingerprint density at radius 3 is 1.40 bits per heavy atom. The van der Waals surface area contributed by atoms with Gasteiger partial charge in [-0.3, -0.25) is 0 Å². The summed E-state index contributed by atoms with van der Waals surface area (Å²) in [5, 5.41) is 0. The Balaban J connectivity index is 1.17. The van der Waals surface area contributed by atoms with Gasteiger partial charge >= 0.3 is 0 Å². The first-order valence-electron chi connectivity index (χ1n) is 23.1. The van der Waals surface area contributed by atoms with Gasteiger partial charge in [-0.2, -0.15) is 0 Å². The Morgan fingerprint density at radius 1 is 0.350 bits per heavy atom. The number of fused-ring (bicyclic) bond motifs is 13. The molecule has 2 heteroatoms. The van der Waals surface area contributed by atoms with E-state index in [-0.39, 0.29) is 35.3 Å². The van der Waals surface area contributed by atoms with E-state index in [1.807, 2.05) is 35.2 Å². The van der Waals surface area contributed by atoms with Gasteiger partial charge in [-0.05, 0) is 128 Å². The molecule has 9 aromatic rings. The molecule has 0 heterocycles. The zero-order valence-electron chi connectivity index (χ0n) is 38.3. The number of anilines is 6. The maximum Gasteiger partial charge on any atom is 0.0727 e. The molecule has 284 valence electrons. The quantitative estimate of drug-likeness (QED) is 0.166. The summed E-state index contributed by atoms with van der Waals surface area (Å²) in [7, 11) is 0. The lowest BCUT2D eigenvalue weighted by Crippen LogP contribution is -2.26. The van der Waals surface area contributed by atoms with Gasteiger partial charge in [0.25, 0.3) is 0 Å². The van der Waals surface area contributed by atoms with Crippen molar-refractivity contribution in [3.8, 4) is 33.4 Å². The van der Waals surface area contributed by atoms with Gasteiger partial charge in [0.05, 0.1) is 18.0 Å². The van der Waals surface area contributed by atoms with E-state index >= 15 is 0 Å². The molecule has 1 atom stereocenters. The zero-order chi connectivity index (χ0) is 44.4. The highest BCUT2D eigenvalue weighted by molar-refractivity contribution is 5.99. The minimum Gasteiger partial charge on any atom is -0.310 e.